The molecule has 2 rings (SSSR count). The van der Waals surface area contributed by atoms with Gasteiger partial charge in [-0.25, -0.2) is 0 Å². The van der Waals surface area contributed by atoms with E-state index in [0.29, 0.717) is 5.75 Å². The van der Waals surface area contributed by atoms with E-state index in [4.69, 9.17) is 0 Å². The molecule has 118 valence electrons. The maximum absolute atomic E-state index is 10.4. The molecule has 0 aliphatic heterocycles. The molecule has 2 nitrogen and oxygen atoms in total. The Bertz CT molecular complexity index is 615. The normalized spacial score (nSPS) is 16.0. The molecular formula is C20H27NO. The highest BCUT2D eigenvalue weighted by Gasteiger charge is 2.41. The molecule has 0 saturated heterocycles. The fraction of sp³-hybridized carbons (Fsp3) is 0.400. The number of phenolic OH excluding ortho intramolecular Hbond substituents is 1. The predicted octanol–water partition coefficient (Wildman–Crippen LogP) is 5.00. The summed E-state index contributed by atoms with van der Waals surface area (Å²) < 4.78 is 0. The molecule has 2 aromatic rings. The van der Waals surface area contributed by atoms with Gasteiger partial charge in [-0.3, -0.25) is 0 Å². The molecule has 0 aromatic heterocycles. The van der Waals surface area contributed by atoms with Crippen molar-refractivity contribution in [3.8, 4) is 5.75 Å². The second-order valence-electron chi connectivity index (χ2n) is 7.17. The smallest absolute Gasteiger partial charge is 0.120 e. The van der Waals surface area contributed by atoms with Crippen LogP contribution in [0.5, 0.6) is 5.75 Å². The second kappa shape index (κ2) is 6.13. The summed E-state index contributed by atoms with van der Waals surface area (Å²) in [4.78, 5) is 0. The molecule has 0 aliphatic carbocycles. The number of phenols is 1. The molecule has 0 fully saturated rings. The van der Waals surface area contributed by atoms with E-state index < -0.39 is 0 Å². The summed E-state index contributed by atoms with van der Waals surface area (Å²) in [5.41, 5.74) is 1.77. The van der Waals surface area contributed by atoms with Gasteiger partial charge in [0.05, 0.1) is 0 Å². The lowest BCUT2D eigenvalue weighted by Crippen LogP contribution is -2.50. The average molecular weight is 297 g/mol. The molecule has 0 spiro atoms. The van der Waals surface area contributed by atoms with Gasteiger partial charge in [-0.15, -0.1) is 0 Å². The summed E-state index contributed by atoms with van der Waals surface area (Å²) in [6, 6.07) is 18.2. The van der Waals surface area contributed by atoms with Crippen molar-refractivity contribution >= 4 is 0 Å². The van der Waals surface area contributed by atoms with Crippen molar-refractivity contribution in [1.82, 2.24) is 5.32 Å². The topological polar surface area (TPSA) is 32.3 Å². The van der Waals surface area contributed by atoms with Crippen LogP contribution in [0, 0.1) is 5.41 Å². The van der Waals surface area contributed by atoms with Crippen LogP contribution in [0.15, 0.2) is 54.6 Å². The van der Waals surface area contributed by atoms with Crippen LogP contribution in [0.25, 0.3) is 0 Å². The largest absolute Gasteiger partial charge is 0.508 e. The minimum atomic E-state index is -0.354. The van der Waals surface area contributed by atoms with E-state index in [1.165, 1.54) is 5.56 Å². The first-order valence-corrected chi connectivity index (χ1v) is 7.87. The lowest BCUT2D eigenvalue weighted by molar-refractivity contribution is 0.137. The zero-order chi connectivity index (χ0) is 16.4. The Balaban J connectivity index is 2.42. The highest BCUT2D eigenvalue weighted by Crippen LogP contribution is 2.43. The van der Waals surface area contributed by atoms with Gasteiger partial charge in [-0.05, 0) is 30.9 Å². The van der Waals surface area contributed by atoms with Gasteiger partial charge in [-0.2, -0.15) is 0 Å². The van der Waals surface area contributed by atoms with Gasteiger partial charge in [0.25, 0.3) is 0 Å². The summed E-state index contributed by atoms with van der Waals surface area (Å²) >= 11 is 0. The van der Waals surface area contributed by atoms with Crippen molar-refractivity contribution in [3.05, 3.63) is 65.7 Å². The third kappa shape index (κ3) is 3.17. The van der Waals surface area contributed by atoms with Crippen molar-refractivity contribution in [2.75, 3.05) is 0 Å². The van der Waals surface area contributed by atoms with Crippen LogP contribution in [-0.4, -0.2) is 5.11 Å². The first-order chi connectivity index (χ1) is 10.3. The van der Waals surface area contributed by atoms with Crippen LogP contribution in [0.1, 0.15) is 51.8 Å². The van der Waals surface area contributed by atoms with Crippen molar-refractivity contribution in [2.24, 2.45) is 5.41 Å². The third-order valence-corrected chi connectivity index (χ3v) is 4.75. The number of para-hydroxylation sites is 1. The Hall–Kier alpha value is -1.80. The lowest BCUT2D eigenvalue weighted by Gasteiger charge is -2.45. The lowest BCUT2D eigenvalue weighted by atomic mass is 9.69. The van der Waals surface area contributed by atoms with Gasteiger partial charge in [0.2, 0.25) is 0 Å². The molecule has 0 aliphatic rings. The molecule has 2 aromatic carbocycles. The summed E-state index contributed by atoms with van der Waals surface area (Å²) in [6.45, 7) is 10.9. The Morgan fingerprint density at radius 1 is 0.864 bits per heavy atom. The molecule has 0 unspecified atom stereocenters. The van der Waals surface area contributed by atoms with Gasteiger partial charge in [-0.1, -0.05) is 69.3 Å². The van der Waals surface area contributed by atoms with E-state index >= 15 is 0 Å². The summed E-state index contributed by atoms with van der Waals surface area (Å²) in [6.07, 6.45) is 0. The first kappa shape index (κ1) is 16.6. The van der Waals surface area contributed by atoms with E-state index in [1.807, 2.05) is 24.3 Å². The maximum atomic E-state index is 10.4. The summed E-state index contributed by atoms with van der Waals surface area (Å²) in [7, 11) is 0. The Kier molecular flexibility index (Phi) is 4.62. The number of aromatic hydroxyl groups is 1. The van der Waals surface area contributed by atoms with Crippen molar-refractivity contribution < 1.29 is 5.11 Å². The number of benzene rings is 2. The van der Waals surface area contributed by atoms with E-state index in [-0.39, 0.29) is 17.0 Å². The monoisotopic (exact) mass is 297 g/mol. The van der Waals surface area contributed by atoms with Crippen LogP contribution in [0.2, 0.25) is 0 Å². The van der Waals surface area contributed by atoms with Crippen molar-refractivity contribution in [1.29, 1.82) is 0 Å². The fourth-order valence-corrected chi connectivity index (χ4v) is 2.85. The van der Waals surface area contributed by atoms with E-state index in [9.17, 15) is 5.11 Å². The Morgan fingerprint density at radius 2 is 1.41 bits per heavy atom. The van der Waals surface area contributed by atoms with Gasteiger partial charge < -0.3 is 10.4 Å². The van der Waals surface area contributed by atoms with Gasteiger partial charge in [0.1, 0.15) is 5.75 Å². The van der Waals surface area contributed by atoms with Crippen molar-refractivity contribution in [3.63, 3.8) is 0 Å². The van der Waals surface area contributed by atoms with Crippen LogP contribution in [-0.2, 0) is 5.54 Å². The van der Waals surface area contributed by atoms with Crippen LogP contribution >= 0.6 is 0 Å². The zero-order valence-corrected chi connectivity index (χ0v) is 14.2. The van der Waals surface area contributed by atoms with E-state index in [1.54, 1.807) is 6.07 Å². The van der Waals surface area contributed by atoms with Crippen LogP contribution < -0.4 is 5.32 Å². The molecular weight excluding hydrogens is 270 g/mol. The van der Waals surface area contributed by atoms with Crippen LogP contribution in [0.4, 0.5) is 0 Å². The molecule has 2 atom stereocenters. The van der Waals surface area contributed by atoms with Gasteiger partial charge in [0.15, 0.2) is 0 Å². The summed E-state index contributed by atoms with van der Waals surface area (Å²) in [5, 5.41) is 14.1. The highest BCUT2D eigenvalue weighted by molar-refractivity contribution is 5.39. The molecule has 0 saturated carbocycles. The maximum Gasteiger partial charge on any atom is 0.120 e. The standard InChI is InChI=1S/C20H27NO/c1-15(16-11-7-6-8-12-16)21-20(5,19(2,3)4)17-13-9-10-14-18(17)22/h6-15,21-22H,1-5H3/t15-,20-/m1/s1. The first-order valence-electron chi connectivity index (χ1n) is 7.87. The van der Waals surface area contributed by atoms with E-state index in [0.717, 1.165) is 5.56 Å². The predicted molar refractivity (Wildman–Crippen MR) is 92.9 cm³/mol. The molecule has 22 heavy (non-hydrogen) atoms. The molecule has 2 heteroatoms. The number of nitrogens with one attached hydrogen (secondary N) is 1. The number of hydrogen-bond donors (Lipinski definition) is 2. The third-order valence-electron chi connectivity index (χ3n) is 4.75. The minimum Gasteiger partial charge on any atom is -0.508 e. The highest BCUT2D eigenvalue weighted by atomic mass is 16.3. The number of rotatable bonds is 4. The minimum absolute atomic E-state index is 0.0606. The SMILES string of the molecule is C[C@@H](N[C@](C)(c1ccccc1O)C(C)(C)C)c1ccccc1. The fourth-order valence-electron chi connectivity index (χ4n) is 2.85. The summed E-state index contributed by atoms with van der Waals surface area (Å²) in [5.74, 6) is 0.340. The number of hydrogen-bond acceptors (Lipinski definition) is 2. The molecule has 0 amide bonds. The van der Waals surface area contributed by atoms with Crippen molar-refractivity contribution in [2.45, 2.75) is 46.2 Å². The Labute approximate surface area is 134 Å². The molecule has 2 N–H and O–H groups in total. The molecule has 0 radical (unpaired) electrons. The quantitative estimate of drug-likeness (QED) is 0.832. The van der Waals surface area contributed by atoms with Crippen LogP contribution in [0.3, 0.4) is 0 Å². The zero-order valence-electron chi connectivity index (χ0n) is 14.2. The second-order valence-corrected chi connectivity index (χ2v) is 7.17. The molecule has 0 bridgehead atoms. The van der Waals surface area contributed by atoms with Gasteiger partial charge in [0, 0.05) is 17.1 Å². The molecule has 0 heterocycles. The Morgan fingerprint density at radius 3 is 1.95 bits per heavy atom. The van der Waals surface area contributed by atoms with Gasteiger partial charge >= 0.3 is 0 Å². The average Bonchev–Trinajstić information content (AvgIpc) is 2.47. The van der Waals surface area contributed by atoms with E-state index in [2.05, 4.69) is 64.2 Å².